The van der Waals surface area contributed by atoms with Gasteiger partial charge in [0.1, 0.15) is 22.8 Å². The zero-order chi connectivity index (χ0) is 21.3. The van der Waals surface area contributed by atoms with Crippen molar-refractivity contribution in [3.8, 4) is 11.3 Å². The summed E-state index contributed by atoms with van der Waals surface area (Å²) in [5, 5.41) is 6.71. The molecule has 1 N–H and O–H groups in total. The zero-order valence-corrected chi connectivity index (χ0v) is 17.0. The van der Waals surface area contributed by atoms with Crippen LogP contribution in [0.15, 0.2) is 47.0 Å². The maximum absolute atomic E-state index is 14.4. The Kier molecular flexibility index (Phi) is 5.55. The van der Waals surface area contributed by atoms with E-state index in [-0.39, 0.29) is 33.5 Å². The monoisotopic (exact) mass is 427 g/mol. The Balaban J connectivity index is 1.62. The number of benzene rings is 2. The van der Waals surface area contributed by atoms with E-state index in [0.29, 0.717) is 11.3 Å². The number of aryl methyl sites for hydroxylation is 1. The molecule has 1 aliphatic heterocycles. The van der Waals surface area contributed by atoms with Crippen LogP contribution in [0.25, 0.3) is 11.3 Å². The fourth-order valence-corrected chi connectivity index (χ4v) is 3.81. The van der Waals surface area contributed by atoms with Crippen LogP contribution in [-0.4, -0.2) is 35.0 Å². The summed E-state index contributed by atoms with van der Waals surface area (Å²) in [7, 11) is 0. The second-order valence-corrected chi connectivity index (χ2v) is 7.50. The minimum Gasteiger partial charge on any atom is -0.360 e. The Hall–Kier alpha value is -3.19. The molecule has 1 aliphatic rings. The Morgan fingerprint density at radius 2 is 1.90 bits per heavy atom. The number of rotatable bonds is 4. The first kappa shape index (κ1) is 20.1. The van der Waals surface area contributed by atoms with Gasteiger partial charge in [-0.05, 0) is 50.1 Å². The second-order valence-electron chi connectivity index (χ2n) is 7.09. The highest BCUT2D eigenvalue weighted by Crippen LogP contribution is 2.33. The largest absolute Gasteiger partial charge is 0.360 e. The van der Waals surface area contributed by atoms with Crippen molar-refractivity contribution in [3.05, 3.63) is 70.2 Å². The summed E-state index contributed by atoms with van der Waals surface area (Å²) in [4.78, 5) is 27.4. The third kappa shape index (κ3) is 3.80. The zero-order valence-electron chi connectivity index (χ0n) is 16.2. The van der Waals surface area contributed by atoms with Crippen LogP contribution in [0.1, 0.15) is 39.3 Å². The molecule has 0 spiro atoms. The smallest absolute Gasteiger partial charge is 0.261 e. The topological polar surface area (TPSA) is 75.4 Å². The highest BCUT2D eigenvalue weighted by molar-refractivity contribution is 6.33. The summed E-state index contributed by atoms with van der Waals surface area (Å²) < 4.78 is 19.5. The molecule has 1 aromatic heterocycles. The van der Waals surface area contributed by atoms with Crippen LogP contribution in [-0.2, 0) is 0 Å². The molecule has 1 saturated heterocycles. The fraction of sp³-hybridized carbons (Fsp3) is 0.227. The van der Waals surface area contributed by atoms with Gasteiger partial charge in [-0.1, -0.05) is 28.9 Å². The average molecular weight is 428 g/mol. The quantitative estimate of drug-likeness (QED) is 0.640. The Morgan fingerprint density at radius 1 is 1.17 bits per heavy atom. The minimum atomic E-state index is -0.608. The van der Waals surface area contributed by atoms with Gasteiger partial charge in [0.25, 0.3) is 11.8 Å². The van der Waals surface area contributed by atoms with E-state index in [1.807, 2.05) is 0 Å². The molecule has 0 saturated carbocycles. The molecule has 2 heterocycles. The number of hydrogen-bond acceptors (Lipinski definition) is 4. The van der Waals surface area contributed by atoms with Crippen molar-refractivity contribution in [3.63, 3.8) is 0 Å². The number of carbonyl (C=O) groups excluding carboxylic acids is 2. The summed E-state index contributed by atoms with van der Waals surface area (Å²) in [6.45, 7) is 3.04. The Morgan fingerprint density at radius 3 is 2.63 bits per heavy atom. The van der Waals surface area contributed by atoms with E-state index >= 15 is 0 Å². The number of likely N-dealkylation sites (tertiary alicyclic amines) is 1. The Bertz CT molecular complexity index is 1100. The van der Waals surface area contributed by atoms with Gasteiger partial charge in [0.15, 0.2) is 0 Å². The van der Waals surface area contributed by atoms with E-state index in [4.69, 9.17) is 16.1 Å². The molecule has 3 aromatic rings. The summed E-state index contributed by atoms with van der Waals surface area (Å²) in [5.41, 5.74) is 1.04. The van der Waals surface area contributed by atoms with Gasteiger partial charge < -0.3 is 14.7 Å². The number of nitrogens with one attached hydrogen (secondary N) is 1. The summed E-state index contributed by atoms with van der Waals surface area (Å²) in [6, 6.07) is 10.9. The number of aromatic nitrogens is 1. The second kappa shape index (κ2) is 8.28. The molecular weight excluding hydrogens is 409 g/mol. The molecule has 1 fully saturated rings. The highest BCUT2D eigenvalue weighted by atomic mass is 35.5. The maximum atomic E-state index is 14.4. The van der Waals surface area contributed by atoms with Crippen molar-refractivity contribution in [1.29, 1.82) is 0 Å². The Labute approximate surface area is 177 Å². The highest BCUT2D eigenvalue weighted by Gasteiger charge is 2.26. The van der Waals surface area contributed by atoms with Crippen LogP contribution in [0.5, 0.6) is 0 Å². The van der Waals surface area contributed by atoms with Crippen molar-refractivity contribution in [2.45, 2.75) is 19.8 Å². The van der Waals surface area contributed by atoms with E-state index < -0.39 is 11.7 Å². The third-order valence-corrected chi connectivity index (χ3v) is 5.36. The number of anilines is 1. The van der Waals surface area contributed by atoms with E-state index in [1.54, 1.807) is 36.1 Å². The lowest BCUT2D eigenvalue weighted by molar-refractivity contribution is 0.0792. The van der Waals surface area contributed by atoms with Gasteiger partial charge in [-0.3, -0.25) is 9.59 Å². The average Bonchev–Trinajstić information content (AvgIpc) is 3.38. The van der Waals surface area contributed by atoms with Crippen molar-refractivity contribution < 1.29 is 18.5 Å². The van der Waals surface area contributed by atoms with Crippen LogP contribution >= 0.6 is 11.6 Å². The van der Waals surface area contributed by atoms with Crippen molar-refractivity contribution >= 4 is 29.1 Å². The lowest BCUT2D eigenvalue weighted by Crippen LogP contribution is -2.27. The van der Waals surface area contributed by atoms with Gasteiger partial charge >= 0.3 is 0 Å². The number of amides is 2. The molecule has 0 aliphatic carbocycles. The lowest BCUT2D eigenvalue weighted by Gasteiger charge is -2.15. The van der Waals surface area contributed by atoms with Gasteiger partial charge in [0.05, 0.1) is 10.6 Å². The predicted octanol–water partition coefficient (Wildman–Crippen LogP) is 4.93. The van der Waals surface area contributed by atoms with Crippen molar-refractivity contribution in [2.24, 2.45) is 0 Å². The molecule has 30 heavy (non-hydrogen) atoms. The molecule has 154 valence electrons. The molecule has 0 radical (unpaired) electrons. The van der Waals surface area contributed by atoms with E-state index in [1.165, 1.54) is 18.2 Å². The first-order valence-corrected chi connectivity index (χ1v) is 9.95. The van der Waals surface area contributed by atoms with Gasteiger partial charge in [-0.15, -0.1) is 0 Å². The standard InChI is InChI=1S/C22H19ClFN3O3/c1-13-18(20(26-30-13)19-16(23)8-5-9-17(19)24)21(28)25-15-7-4-6-14(12-15)22(29)27-10-2-3-11-27/h4-9,12H,2-3,10-11H2,1H3,(H,25,28). The van der Waals surface area contributed by atoms with Crippen LogP contribution in [0, 0.1) is 12.7 Å². The van der Waals surface area contributed by atoms with Crippen LogP contribution in [0.4, 0.5) is 10.1 Å². The molecule has 6 nitrogen and oxygen atoms in total. The van der Waals surface area contributed by atoms with Crippen LogP contribution < -0.4 is 5.32 Å². The molecule has 2 aromatic carbocycles. The number of halogens is 2. The van der Waals surface area contributed by atoms with Gasteiger partial charge in [-0.2, -0.15) is 0 Å². The number of carbonyl (C=O) groups is 2. The molecule has 0 atom stereocenters. The van der Waals surface area contributed by atoms with E-state index in [0.717, 1.165) is 25.9 Å². The summed E-state index contributed by atoms with van der Waals surface area (Å²) >= 11 is 6.13. The molecule has 0 unspecified atom stereocenters. The van der Waals surface area contributed by atoms with Gasteiger partial charge in [0, 0.05) is 24.3 Å². The first-order chi connectivity index (χ1) is 14.5. The lowest BCUT2D eigenvalue weighted by atomic mass is 10.0. The molecular formula is C22H19ClFN3O3. The summed E-state index contributed by atoms with van der Waals surface area (Å²) in [5.74, 6) is -0.980. The molecule has 0 bridgehead atoms. The molecule has 8 heteroatoms. The third-order valence-electron chi connectivity index (χ3n) is 5.05. The first-order valence-electron chi connectivity index (χ1n) is 9.57. The molecule has 2 amide bonds. The van der Waals surface area contributed by atoms with E-state index in [9.17, 15) is 14.0 Å². The normalized spacial score (nSPS) is 13.5. The van der Waals surface area contributed by atoms with E-state index in [2.05, 4.69) is 10.5 Å². The minimum absolute atomic E-state index is 0.000807. The number of nitrogens with zero attached hydrogens (tertiary/aromatic N) is 2. The van der Waals surface area contributed by atoms with Crippen LogP contribution in [0.2, 0.25) is 5.02 Å². The van der Waals surface area contributed by atoms with Crippen LogP contribution in [0.3, 0.4) is 0 Å². The van der Waals surface area contributed by atoms with Gasteiger partial charge in [-0.25, -0.2) is 4.39 Å². The maximum Gasteiger partial charge on any atom is 0.261 e. The molecule has 4 rings (SSSR count). The SMILES string of the molecule is Cc1onc(-c2c(F)cccc2Cl)c1C(=O)Nc1cccc(C(=O)N2CCCC2)c1. The fourth-order valence-electron chi connectivity index (χ4n) is 3.56. The number of hydrogen-bond donors (Lipinski definition) is 1. The predicted molar refractivity (Wildman–Crippen MR) is 111 cm³/mol. The summed E-state index contributed by atoms with van der Waals surface area (Å²) in [6.07, 6.45) is 1.99. The van der Waals surface area contributed by atoms with Crippen molar-refractivity contribution in [1.82, 2.24) is 10.1 Å². The van der Waals surface area contributed by atoms with Crippen molar-refractivity contribution in [2.75, 3.05) is 18.4 Å². The van der Waals surface area contributed by atoms with Gasteiger partial charge in [0.2, 0.25) is 0 Å².